The lowest BCUT2D eigenvalue weighted by Gasteiger charge is -2.33. The van der Waals surface area contributed by atoms with Gasteiger partial charge in [0.05, 0.1) is 5.56 Å². The summed E-state index contributed by atoms with van der Waals surface area (Å²) in [6.45, 7) is 0.524. The Morgan fingerprint density at radius 2 is 1.97 bits per heavy atom. The van der Waals surface area contributed by atoms with Crippen molar-refractivity contribution in [3.63, 3.8) is 0 Å². The lowest BCUT2D eigenvalue weighted by molar-refractivity contribution is -0.138. The molecule has 4 rings (SSSR count). The number of carbonyl (C=O) groups is 2. The maximum atomic E-state index is 12.8. The molecule has 0 saturated carbocycles. The summed E-state index contributed by atoms with van der Waals surface area (Å²) in [5, 5.41) is 13.2. The zero-order valence-corrected chi connectivity index (χ0v) is 16.2. The molecule has 2 heterocycles. The number of piperidine rings is 1. The molecule has 1 atom stereocenters. The standard InChI is InChI=1S/C22H21N3O5/c26-19(14-29-17-9-2-1-3-10-17)25-12-5-4-11-18(25)21-23-20(24-30-21)15-7-6-8-16(13-15)22(27)28/h1-3,6-10,13,18H,4-5,11-12,14H2,(H,27,28). The van der Waals surface area contributed by atoms with Crippen LogP contribution in [0.3, 0.4) is 0 Å². The minimum Gasteiger partial charge on any atom is -0.484 e. The first-order chi connectivity index (χ1) is 14.6. The van der Waals surface area contributed by atoms with Gasteiger partial charge >= 0.3 is 5.97 Å². The number of aromatic carboxylic acids is 1. The van der Waals surface area contributed by atoms with Crippen molar-refractivity contribution in [2.24, 2.45) is 0 Å². The summed E-state index contributed by atoms with van der Waals surface area (Å²) in [6.07, 6.45) is 2.56. The Kier molecular flexibility index (Phi) is 5.74. The number of amides is 1. The maximum Gasteiger partial charge on any atom is 0.335 e. The minimum atomic E-state index is -1.02. The predicted octanol–water partition coefficient (Wildman–Crippen LogP) is 3.57. The van der Waals surface area contributed by atoms with Crippen LogP contribution in [-0.2, 0) is 4.79 Å². The number of para-hydroxylation sites is 1. The van der Waals surface area contributed by atoms with Gasteiger partial charge in [0, 0.05) is 12.1 Å². The number of likely N-dealkylation sites (tertiary alicyclic amines) is 1. The zero-order valence-electron chi connectivity index (χ0n) is 16.2. The Hall–Kier alpha value is -3.68. The summed E-state index contributed by atoms with van der Waals surface area (Å²) in [5.74, 6) is 0.113. The fraction of sp³-hybridized carbons (Fsp3) is 0.273. The van der Waals surface area contributed by atoms with Crippen molar-refractivity contribution in [1.29, 1.82) is 0 Å². The van der Waals surface area contributed by atoms with Crippen LogP contribution in [0.2, 0.25) is 0 Å². The van der Waals surface area contributed by atoms with E-state index < -0.39 is 5.97 Å². The van der Waals surface area contributed by atoms with Crippen LogP contribution in [0.5, 0.6) is 5.75 Å². The van der Waals surface area contributed by atoms with Crippen LogP contribution in [0.1, 0.15) is 41.6 Å². The lowest BCUT2D eigenvalue weighted by Crippen LogP contribution is -2.41. The molecule has 0 radical (unpaired) electrons. The molecular formula is C22H21N3O5. The van der Waals surface area contributed by atoms with Crippen molar-refractivity contribution >= 4 is 11.9 Å². The SMILES string of the molecule is O=C(O)c1cccc(-c2noc(C3CCCCN3C(=O)COc3ccccc3)n2)c1. The first-order valence-electron chi connectivity index (χ1n) is 9.76. The molecule has 0 bridgehead atoms. The van der Waals surface area contributed by atoms with E-state index in [0.717, 1.165) is 12.8 Å². The fourth-order valence-corrected chi connectivity index (χ4v) is 3.51. The molecule has 1 aliphatic heterocycles. The molecule has 1 aliphatic rings. The first-order valence-corrected chi connectivity index (χ1v) is 9.76. The Labute approximate surface area is 173 Å². The molecular weight excluding hydrogens is 386 g/mol. The van der Waals surface area contributed by atoms with E-state index in [1.807, 2.05) is 18.2 Å². The predicted molar refractivity (Wildman–Crippen MR) is 107 cm³/mol. The summed E-state index contributed by atoms with van der Waals surface area (Å²) in [7, 11) is 0. The van der Waals surface area contributed by atoms with Gasteiger partial charge in [0.25, 0.3) is 5.91 Å². The molecule has 0 spiro atoms. The molecule has 1 aromatic heterocycles. The quantitative estimate of drug-likeness (QED) is 0.666. The largest absolute Gasteiger partial charge is 0.484 e. The number of carboxylic acid groups (broad SMARTS) is 1. The fourth-order valence-electron chi connectivity index (χ4n) is 3.51. The lowest BCUT2D eigenvalue weighted by atomic mass is 10.0. The number of hydrogen-bond donors (Lipinski definition) is 1. The van der Waals surface area contributed by atoms with Gasteiger partial charge in [-0.15, -0.1) is 0 Å². The number of aromatic nitrogens is 2. The van der Waals surface area contributed by atoms with Crippen LogP contribution < -0.4 is 4.74 Å². The van der Waals surface area contributed by atoms with E-state index in [-0.39, 0.29) is 24.1 Å². The van der Waals surface area contributed by atoms with E-state index in [2.05, 4.69) is 10.1 Å². The Morgan fingerprint density at radius 3 is 2.77 bits per heavy atom. The van der Waals surface area contributed by atoms with Gasteiger partial charge in [-0.3, -0.25) is 4.79 Å². The molecule has 8 heteroatoms. The molecule has 1 N–H and O–H groups in total. The zero-order chi connectivity index (χ0) is 20.9. The van der Waals surface area contributed by atoms with E-state index in [0.29, 0.717) is 36.0 Å². The third-order valence-corrected chi connectivity index (χ3v) is 5.02. The molecule has 1 fully saturated rings. The summed E-state index contributed by atoms with van der Waals surface area (Å²) in [6, 6.07) is 15.2. The Bertz CT molecular complexity index is 1030. The topological polar surface area (TPSA) is 106 Å². The van der Waals surface area contributed by atoms with Crippen LogP contribution in [0.4, 0.5) is 0 Å². The monoisotopic (exact) mass is 407 g/mol. The highest BCUT2D eigenvalue weighted by Crippen LogP contribution is 2.31. The number of hydrogen-bond acceptors (Lipinski definition) is 6. The summed E-state index contributed by atoms with van der Waals surface area (Å²) >= 11 is 0. The second kappa shape index (κ2) is 8.77. The highest BCUT2D eigenvalue weighted by molar-refractivity contribution is 5.89. The summed E-state index contributed by atoms with van der Waals surface area (Å²) in [5.41, 5.74) is 0.692. The van der Waals surface area contributed by atoms with Crippen LogP contribution in [0.15, 0.2) is 59.1 Å². The van der Waals surface area contributed by atoms with Crippen LogP contribution in [-0.4, -0.2) is 45.2 Å². The second-order valence-electron chi connectivity index (χ2n) is 7.04. The van der Waals surface area contributed by atoms with Gasteiger partial charge < -0.3 is 19.3 Å². The molecule has 3 aromatic rings. The molecule has 8 nitrogen and oxygen atoms in total. The van der Waals surface area contributed by atoms with Gasteiger partial charge in [0.15, 0.2) is 6.61 Å². The van der Waals surface area contributed by atoms with E-state index in [1.165, 1.54) is 12.1 Å². The van der Waals surface area contributed by atoms with Gasteiger partial charge in [-0.2, -0.15) is 4.98 Å². The highest BCUT2D eigenvalue weighted by atomic mass is 16.5. The molecule has 1 unspecified atom stereocenters. The molecule has 1 saturated heterocycles. The smallest absolute Gasteiger partial charge is 0.335 e. The van der Waals surface area contributed by atoms with Crippen molar-refractivity contribution in [3.05, 3.63) is 66.1 Å². The normalized spacial score (nSPS) is 16.3. The average molecular weight is 407 g/mol. The summed E-state index contributed by atoms with van der Waals surface area (Å²) < 4.78 is 11.1. The van der Waals surface area contributed by atoms with E-state index in [1.54, 1.807) is 29.2 Å². The first kappa shape index (κ1) is 19.6. The van der Waals surface area contributed by atoms with Crippen molar-refractivity contribution in [2.45, 2.75) is 25.3 Å². The van der Waals surface area contributed by atoms with E-state index in [9.17, 15) is 14.7 Å². The number of carboxylic acids is 1. The van der Waals surface area contributed by atoms with E-state index in [4.69, 9.17) is 9.26 Å². The van der Waals surface area contributed by atoms with Crippen LogP contribution in [0.25, 0.3) is 11.4 Å². The van der Waals surface area contributed by atoms with E-state index >= 15 is 0 Å². The molecule has 2 aromatic carbocycles. The van der Waals surface area contributed by atoms with Crippen LogP contribution in [0, 0.1) is 0 Å². The van der Waals surface area contributed by atoms with Crippen molar-refractivity contribution < 1.29 is 24.0 Å². The second-order valence-corrected chi connectivity index (χ2v) is 7.04. The molecule has 1 amide bonds. The van der Waals surface area contributed by atoms with Gasteiger partial charge in [-0.1, -0.05) is 35.5 Å². The number of ether oxygens (including phenoxy) is 1. The van der Waals surface area contributed by atoms with Gasteiger partial charge in [0.1, 0.15) is 11.8 Å². The van der Waals surface area contributed by atoms with Gasteiger partial charge in [0.2, 0.25) is 11.7 Å². The van der Waals surface area contributed by atoms with Crippen molar-refractivity contribution in [2.75, 3.05) is 13.2 Å². The molecule has 0 aliphatic carbocycles. The van der Waals surface area contributed by atoms with Crippen molar-refractivity contribution in [3.8, 4) is 17.1 Å². The number of nitrogens with zero attached hydrogens (tertiary/aromatic N) is 3. The third-order valence-electron chi connectivity index (χ3n) is 5.02. The Morgan fingerprint density at radius 1 is 1.13 bits per heavy atom. The van der Waals surface area contributed by atoms with Crippen molar-refractivity contribution in [1.82, 2.24) is 15.0 Å². The average Bonchev–Trinajstić information content (AvgIpc) is 3.28. The van der Waals surface area contributed by atoms with Gasteiger partial charge in [-0.25, -0.2) is 4.79 Å². The maximum absolute atomic E-state index is 12.8. The third kappa shape index (κ3) is 4.32. The number of carbonyl (C=O) groups excluding carboxylic acids is 1. The summed E-state index contributed by atoms with van der Waals surface area (Å²) in [4.78, 5) is 30.2. The molecule has 30 heavy (non-hydrogen) atoms. The minimum absolute atomic E-state index is 0.0673. The highest BCUT2D eigenvalue weighted by Gasteiger charge is 2.32. The number of benzene rings is 2. The Balaban J connectivity index is 1.50. The number of rotatable bonds is 6. The van der Waals surface area contributed by atoms with Crippen LogP contribution >= 0.6 is 0 Å². The molecule has 154 valence electrons. The van der Waals surface area contributed by atoms with Gasteiger partial charge in [-0.05, 0) is 43.5 Å².